The normalized spacial score (nSPS) is 15.7. The van der Waals surface area contributed by atoms with Crippen LogP contribution in [0.15, 0.2) is 65.3 Å². The number of nitrogens with zero attached hydrogens (tertiary/aromatic N) is 2. The van der Waals surface area contributed by atoms with Crippen LogP contribution in [0.1, 0.15) is 37.8 Å². The molecule has 0 unspecified atom stereocenters. The van der Waals surface area contributed by atoms with Crippen LogP contribution >= 0.6 is 15.9 Å². The second kappa shape index (κ2) is 10.7. The van der Waals surface area contributed by atoms with Gasteiger partial charge in [-0.1, -0.05) is 30.3 Å². The number of hydrogen-bond acceptors (Lipinski definition) is 4. The van der Waals surface area contributed by atoms with Crippen LogP contribution in [0, 0.1) is 0 Å². The second-order valence-electron chi connectivity index (χ2n) is 9.72. The number of hydrogen-bond donors (Lipinski definition) is 3. The second-order valence-corrected chi connectivity index (χ2v) is 10.6. The van der Waals surface area contributed by atoms with Crippen molar-refractivity contribution < 1.29 is 14.4 Å². The first-order valence-electron chi connectivity index (χ1n) is 11.8. The Hall–Kier alpha value is -3.43. The van der Waals surface area contributed by atoms with Gasteiger partial charge in [-0.05, 0) is 78.0 Å². The predicted molar refractivity (Wildman–Crippen MR) is 144 cm³/mol. The van der Waals surface area contributed by atoms with E-state index in [9.17, 15) is 14.4 Å². The number of benzene rings is 2. The zero-order valence-electron chi connectivity index (χ0n) is 20.3. The number of nitrogens with one attached hydrogen (secondary N) is 2. The zero-order chi connectivity index (χ0) is 25.9. The van der Waals surface area contributed by atoms with Gasteiger partial charge in [0.05, 0.1) is 6.54 Å². The minimum Gasteiger partial charge on any atom is -0.344 e. The molecule has 188 valence electrons. The topological polar surface area (TPSA) is 109 Å². The number of anilines is 2. The molecule has 0 radical (unpaired) electrons. The van der Waals surface area contributed by atoms with Crippen LogP contribution in [0.2, 0.25) is 0 Å². The molecule has 1 aromatic heterocycles. The van der Waals surface area contributed by atoms with Crippen LogP contribution in [0.3, 0.4) is 0 Å². The fourth-order valence-electron chi connectivity index (χ4n) is 4.43. The molecule has 2 heterocycles. The average molecular weight is 552 g/mol. The van der Waals surface area contributed by atoms with E-state index in [-0.39, 0.29) is 18.2 Å². The quantitative estimate of drug-likeness (QED) is 0.369. The van der Waals surface area contributed by atoms with Crippen LogP contribution in [0.5, 0.6) is 0 Å². The Bertz CT molecular complexity index is 1260. The molecule has 0 saturated heterocycles. The van der Waals surface area contributed by atoms with Crippen molar-refractivity contribution in [1.82, 2.24) is 9.88 Å². The third-order valence-electron chi connectivity index (χ3n) is 6.05. The molecular weight excluding hydrogens is 522 g/mol. The van der Waals surface area contributed by atoms with Gasteiger partial charge in [-0.3, -0.25) is 14.4 Å². The molecule has 4 rings (SSSR count). The summed E-state index contributed by atoms with van der Waals surface area (Å²) >= 11 is 3.44. The number of carbonyl (C=O) groups is 3. The third-order valence-corrected chi connectivity index (χ3v) is 6.48. The predicted octanol–water partition coefficient (Wildman–Crippen LogP) is 3.90. The highest BCUT2D eigenvalue weighted by Gasteiger charge is 2.32. The Morgan fingerprint density at radius 3 is 2.61 bits per heavy atom. The molecule has 4 N–H and O–H groups in total. The lowest BCUT2D eigenvalue weighted by molar-refractivity contribution is -0.128. The number of aromatic nitrogens is 1. The molecule has 2 aromatic carbocycles. The molecule has 36 heavy (non-hydrogen) atoms. The van der Waals surface area contributed by atoms with Crippen LogP contribution in [-0.2, 0) is 27.3 Å². The van der Waals surface area contributed by atoms with E-state index in [1.165, 1.54) is 0 Å². The zero-order valence-corrected chi connectivity index (χ0v) is 21.9. The first-order valence-corrected chi connectivity index (χ1v) is 12.6. The summed E-state index contributed by atoms with van der Waals surface area (Å²) in [6.45, 7) is 3.94. The molecule has 0 aliphatic carbocycles. The number of nitrogens with two attached hydrogens (primary N) is 1. The third kappa shape index (κ3) is 6.03. The Morgan fingerprint density at radius 1 is 1.19 bits per heavy atom. The van der Waals surface area contributed by atoms with Crippen molar-refractivity contribution in [3.63, 3.8) is 0 Å². The summed E-state index contributed by atoms with van der Waals surface area (Å²) in [4.78, 5) is 38.9. The highest BCUT2D eigenvalue weighted by molar-refractivity contribution is 9.10. The summed E-state index contributed by atoms with van der Waals surface area (Å²) in [6.07, 6.45) is 3.85. The van der Waals surface area contributed by atoms with Gasteiger partial charge < -0.3 is 25.8 Å². The molecule has 0 saturated carbocycles. The van der Waals surface area contributed by atoms with Crippen LogP contribution in [-0.4, -0.2) is 34.4 Å². The van der Waals surface area contributed by atoms with Crippen molar-refractivity contribution in [3.05, 3.63) is 76.4 Å². The van der Waals surface area contributed by atoms with Crippen molar-refractivity contribution in [2.24, 2.45) is 5.73 Å². The largest absolute Gasteiger partial charge is 0.344 e. The van der Waals surface area contributed by atoms with E-state index < -0.39 is 11.6 Å². The maximum Gasteiger partial charge on any atom is 0.249 e. The van der Waals surface area contributed by atoms with E-state index >= 15 is 0 Å². The Balaban J connectivity index is 1.58. The van der Waals surface area contributed by atoms with Gasteiger partial charge in [0.1, 0.15) is 11.9 Å². The average Bonchev–Trinajstić information content (AvgIpc) is 3.13. The van der Waals surface area contributed by atoms with E-state index in [4.69, 9.17) is 5.73 Å². The van der Waals surface area contributed by atoms with Gasteiger partial charge in [0.15, 0.2) is 0 Å². The first-order chi connectivity index (χ1) is 17.1. The molecule has 0 bridgehead atoms. The van der Waals surface area contributed by atoms with Crippen LogP contribution < -0.4 is 21.3 Å². The van der Waals surface area contributed by atoms with Gasteiger partial charge in [0.2, 0.25) is 18.2 Å². The molecule has 3 aromatic rings. The van der Waals surface area contributed by atoms with Gasteiger partial charge in [0, 0.05) is 34.0 Å². The Kier molecular flexibility index (Phi) is 7.61. The maximum atomic E-state index is 13.7. The van der Waals surface area contributed by atoms with E-state index in [1.54, 1.807) is 18.7 Å². The highest BCUT2D eigenvalue weighted by atomic mass is 79.9. The lowest BCUT2D eigenvalue weighted by atomic mass is 10.0. The number of carbonyl (C=O) groups excluding carboxylic acids is 3. The Labute approximate surface area is 219 Å². The lowest BCUT2D eigenvalue weighted by Gasteiger charge is -2.27. The molecule has 1 aliphatic rings. The summed E-state index contributed by atoms with van der Waals surface area (Å²) in [5.74, 6) is 0.272. The van der Waals surface area contributed by atoms with Gasteiger partial charge >= 0.3 is 0 Å². The van der Waals surface area contributed by atoms with E-state index in [2.05, 4.69) is 26.6 Å². The van der Waals surface area contributed by atoms with Gasteiger partial charge in [-0.2, -0.15) is 0 Å². The number of halogens is 1. The molecule has 1 atom stereocenters. The minimum atomic E-state index is -0.654. The lowest BCUT2D eigenvalue weighted by Crippen LogP contribution is -2.49. The van der Waals surface area contributed by atoms with Crippen molar-refractivity contribution in [3.8, 4) is 5.69 Å². The summed E-state index contributed by atoms with van der Waals surface area (Å²) in [6, 6.07) is 16.8. The van der Waals surface area contributed by atoms with Gasteiger partial charge in [0.25, 0.3) is 0 Å². The molecule has 1 aliphatic heterocycles. The minimum absolute atomic E-state index is 0.140. The molecule has 8 nitrogen and oxygen atoms in total. The van der Waals surface area contributed by atoms with Crippen LogP contribution in [0.4, 0.5) is 11.5 Å². The number of para-hydroxylation sites is 1. The highest BCUT2D eigenvalue weighted by Crippen LogP contribution is 2.29. The SMILES string of the molecule is CC(C)(N)CC(=O)N[C@@H]1CCc2ccccc2N(Cc2ccc(-n3cc(Br)cc3NC=O)cc2)C1=O. The summed E-state index contributed by atoms with van der Waals surface area (Å²) in [5.41, 5.74) is 9.08. The fourth-order valence-corrected chi connectivity index (χ4v) is 4.85. The van der Waals surface area contributed by atoms with E-state index in [0.717, 1.165) is 27.0 Å². The van der Waals surface area contributed by atoms with Crippen molar-refractivity contribution in [2.75, 3.05) is 10.2 Å². The standard InChI is InChI=1S/C27H30BrN5O3/c1-27(2,29)14-25(35)31-22-12-9-19-5-3-4-6-23(19)33(26(22)36)15-18-7-10-21(11-8-18)32-16-20(28)13-24(32)30-17-34/h3-8,10-11,13,16-17,22H,9,12,14-15,29H2,1-2H3,(H,30,34)(H,31,35)/t22-/m1/s1. The number of amides is 3. The first kappa shape index (κ1) is 25.7. The van der Waals surface area contributed by atoms with Crippen LogP contribution in [0.25, 0.3) is 5.69 Å². The number of rotatable bonds is 8. The van der Waals surface area contributed by atoms with E-state index in [0.29, 0.717) is 31.6 Å². The molecule has 9 heteroatoms. The monoisotopic (exact) mass is 551 g/mol. The molecule has 0 fully saturated rings. The molecule has 3 amide bonds. The van der Waals surface area contributed by atoms with Crippen molar-refractivity contribution >= 4 is 45.7 Å². The summed E-state index contributed by atoms with van der Waals surface area (Å²) < 4.78 is 2.70. The molecular formula is C27H30BrN5O3. The fraction of sp³-hybridized carbons (Fsp3) is 0.296. The number of aryl methyl sites for hydroxylation is 1. The molecule has 0 spiro atoms. The number of fused-ring (bicyclic) bond motifs is 1. The summed E-state index contributed by atoms with van der Waals surface area (Å²) in [7, 11) is 0. The van der Waals surface area contributed by atoms with Crippen molar-refractivity contribution in [1.29, 1.82) is 0 Å². The smallest absolute Gasteiger partial charge is 0.249 e. The maximum absolute atomic E-state index is 13.7. The Morgan fingerprint density at radius 2 is 1.92 bits per heavy atom. The van der Waals surface area contributed by atoms with Gasteiger partial charge in [-0.25, -0.2) is 0 Å². The van der Waals surface area contributed by atoms with Gasteiger partial charge in [-0.15, -0.1) is 0 Å². The summed E-state index contributed by atoms with van der Waals surface area (Å²) in [5, 5.41) is 5.60. The van der Waals surface area contributed by atoms with Crippen molar-refractivity contribution in [2.45, 2.75) is 51.2 Å². The van der Waals surface area contributed by atoms with E-state index in [1.807, 2.05) is 65.4 Å².